The molecule has 0 N–H and O–H groups in total. The summed E-state index contributed by atoms with van der Waals surface area (Å²) in [6.07, 6.45) is 1.26. The number of sulfone groups is 1. The van der Waals surface area contributed by atoms with E-state index in [1.54, 1.807) is 12.1 Å². The molecule has 3 nitrogen and oxygen atoms in total. The van der Waals surface area contributed by atoms with E-state index in [4.69, 9.17) is 11.6 Å². The van der Waals surface area contributed by atoms with Crippen molar-refractivity contribution in [2.45, 2.75) is 11.8 Å². The van der Waals surface area contributed by atoms with Gasteiger partial charge in [-0.15, -0.1) is 0 Å². The van der Waals surface area contributed by atoms with E-state index in [9.17, 15) is 12.8 Å². The summed E-state index contributed by atoms with van der Waals surface area (Å²) in [4.78, 5) is 4.05. The van der Waals surface area contributed by atoms with Crippen molar-refractivity contribution in [1.82, 2.24) is 0 Å². The first-order chi connectivity index (χ1) is 9.88. The second kappa shape index (κ2) is 6.37. The van der Waals surface area contributed by atoms with Gasteiger partial charge in [0.25, 0.3) is 0 Å². The molecule has 0 bridgehead atoms. The van der Waals surface area contributed by atoms with Gasteiger partial charge in [-0.3, -0.25) is 4.99 Å². The van der Waals surface area contributed by atoms with E-state index in [1.807, 2.05) is 6.92 Å². The fourth-order valence-corrected chi connectivity index (χ4v) is 2.80. The van der Waals surface area contributed by atoms with Gasteiger partial charge < -0.3 is 0 Å². The summed E-state index contributed by atoms with van der Waals surface area (Å²) in [5.41, 5.74) is 1.32. The summed E-state index contributed by atoms with van der Waals surface area (Å²) in [6.45, 7) is 1.88. The molecule has 2 aromatic rings. The number of benzene rings is 2. The molecule has 0 atom stereocenters. The number of rotatable bonds is 4. The van der Waals surface area contributed by atoms with Crippen molar-refractivity contribution >= 4 is 27.7 Å². The van der Waals surface area contributed by atoms with Gasteiger partial charge in [0, 0.05) is 16.8 Å². The van der Waals surface area contributed by atoms with Gasteiger partial charge in [-0.25, -0.2) is 12.8 Å². The molecule has 6 heteroatoms. The van der Waals surface area contributed by atoms with Crippen molar-refractivity contribution in [2.75, 3.05) is 5.88 Å². The summed E-state index contributed by atoms with van der Waals surface area (Å²) in [5, 5.41) is 0.313. The van der Waals surface area contributed by atoms with Gasteiger partial charge in [-0.1, -0.05) is 29.3 Å². The molecule has 0 heterocycles. The maximum atomic E-state index is 13.1. The number of hydrogen-bond acceptors (Lipinski definition) is 3. The van der Waals surface area contributed by atoms with Crippen molar-refractivity contribution < 1.29 is 12.8 Å². The van der Waals surface area contributed by atoms with Gasteiger partial charge in [0.15, 0.2) is 9.84 Å². The molecule has 2 rings (SSSR count). The van der Waals surface area contributed by atoms with Crippen molar-refractivity contribution in [1.29, 1.82) is 0 Å². The molecule has 0 unspecified atom stereocenters. The zero-order valence-corrected chi connectivity index (χ0v) is 12.8. The maximum absolute atomic E-state index is 13.1. The van der Waals surface area contributed by atoms with Crippen molar-refractivity contribution in [2.24, 2.45) is 4.99 Å². The molecule has 0 aromatic heterocycles. The first-order valence-electron chi connectivity index (χ1n) is 6.13. The molecule has 0 aliphatic rings. The van der Waals surface area contributed by atoms with Crippen molar-refractivity contribution in [3.8, 4) is 0 Å². The Balaban J connectivity index is 2.16. The molecule has 0 aliphatic carbocycles. The highest BCUT2D eigenvalue weighted by Crippen LogP contribution is 2.16. The first kappa shape index (κ1) is 15.7. The Morgan fingerprint density at radius 1 is 1.19 bits per heavy atom. The number of nitrogens with zero attached hydrogens (tertiary/aromatic N) is 1. The predicted octanol–water partition coefficient (Wildman–Crippen LogP) is 3.64. The SMILES string of the molecule is Cc1ccc(S(=O)(=O)CN=Cc2cc(F)ccc2Cl)cc1. The molecule has 0 saturated carbocycles. The molecule has 0 radical (unpaired) electrons. The summed E-state index contributed by atoms with van der Waals surface area (Å²) in [7, 11) is -3.50. The smallest absolute Gasteiger partial charge is 0.198 e. The summed E-state index contributed by atoms with van der Waals surface area (Å²) < 4.78 is 37.2. The molecule has 0 amide bonds. The molecule has 0 saturated heterocycles. The Hall–Kier alpha value is -1.72. The van der Waals surface area contributed by atoms with Crippen LogP contribution in [0.2, 0.25) is 5.02 Å². The molecule has 0 spiro atoms. The van der Waals surface area contributed by atoms with E-state index in [1.165, 1.54) is 36.5 Å². The van der Waals surface area contributed by atoms with E-state index < -0.39 is 21.5 Å². The van der Waals surface area contributed by atoms with Gasteiger partial charge in [-0.2, -0.15) is 0 Å². The average Bonchev–Trinajstić information content (AvgIpc) is 2.43. The van der Waals surface area contributed by atoms with Crippen LogP contribution in [0, 0.1) is 12.7 Å². The average molecular weight is 326 g/mol. The Morgan fingerprint density at radius 3 is 2.52 bits per heavy atom. The Kier molecular flexibility index (Phi) is 4.75. The van der Waals surface area contributed by atoms with Crippen LogP contribution >= 0.6 is 11.6 Å². The van der Waals surface area contributed by atoms with Gasteiger partial charge in [0.1, 0.15) is 11.7 Å². The Morgan fingerprint density at radius 2 is 1.86 bits per heavy atom. The molecular weight excluding hydrogens is 313 g/mol. The highest BCUT2D eigenvalue weighted by molar-refractivity contribution is 7.91. The van der Waals surface area contributed by atoms with Crippen LogP contribution in [0.15, 0.2) is 52.4 Å². The van der Waals surface area contributed by atoms with Crippen molar-refractivity contribution in [3.05, 3.63) is 64.4 Å². The van der Waals surface area contributed by atoms with Gasteiger partial charge in [-0.05, 0) is 37.3 Å². The lowest BCUT2D eigenvalue weighted by Crippen LogP contribution is -2.05. The van der Waals surface area contributed by atoms with Gasteiger partial charge in [0.2, 0.25) is 0 Å². The summed E-state index contributed by atoms with van der Waals surface area (Å²) >= 11 is 5.87. The van der Waals surface area contributed by atoms with Crippen LogP contribution in [-0.4, -0.2) is 20.5 Å². The minimum Gasteiger partial charge on any atom is -0.276 e. The number of halogens is 2. The molecule has 0 fully saturated rings. The highest BCUT2D eigenvalue weighted by Gasteiger charge is 2.12. The quantitative estimate of drug-likeness (QED) is 0.806. The fourth-order valence-electron chi connectivity index (χ4n) is 1.67. The van der Waals surface area contributed by atoms with Gasteiger partial charge in [0.05, 0.1) is 4.90 Å². The fraction of sp³-hybridized carbons (Fsp3) is 0.133. The Labute approximate surface area is 128 Å². The maximum Gasteiger partial charge on any atom is 0.198 e. The van der Waals surface area contributed by atoms with E-state index in [-0.39, 0.29) is 4.90 Å². The topological polar surface area (TPSA) is 46.5 Å². The number of aliphatic imine (C=N–C) groups is 1. The third kappa shape index (κ3) is 4.12. The second-order valence-electron chi connectivity index (χ2n) is 4.53. The van der Waals surface area contributed by atoms with Crippen molar-refractivity contribution in [3.63, 3.8) is 0 Å². The molecule has 0 aliphatic heterocycles. The summed E-state index contributed by atoms with van der Waals surface area (Å²) in [5.74, 6) is -0.870. The summed E-state index contributed by atoms with van der Waals surface area (Å²) in [6, 6.07) is 10.3. The number of hydrogen-bond donors (Lipinski definition) is 0. The highest BCUT2D eigenvalue weighted by atomic mass is 35.5. The molecule has 21 heavy (non-hydrogen) atoms. The normalized spacial score (nSPS) is 12.0. The first-order valence-corrected chi connectivity index (χ1v) is 8.16. The molecule has 110 valence electrons. The zero-order chi connectivity index (χ0) is 15.5. The van der Waals surface area contributed by atoms with E-state index in [0.717, 1.165) is 5.56 Å². The van der Waals surface area contributed by atoms with Crippen LogP contribution in [0.1, 0.15) is 11.1 Å². The number of aryl methyl sites for hydroxylation is 1. The van der Waals surface area contributed by atoms with Crippen LogP contribution in [-0.2, 0) is 9.84 Å². The van der Waals surface area contributed by atoms with E-state index >= 15 is 0 Å². The molecular formula is C15H13ClFNO2S. The third-order valence-electron chi connectivity index (χ3n) is 2.81. The lowest BCUT2D eigenvalue weighted by Gasteiger charge is -2.02. The lowest BCUT2D eigenvalue weighted by atomic mass is 10.2. The van der Waals surface area contributed by atoms with Crippen LogP contribution in [0.5, 0.6) is 0 Å². The minimum atomic E-state index is -3.50. The zero-order valence-electron chi connectivity index (χ0n) is 11.3. The Bertz CT molecular complexity index is 771. The third-order valence-corrected chi connectivity index (χ3v) is 4.64. The van der Waals surface area contributed by atoms with E-state index in [0.29, 0.717) is 10.6 Å². The van der Waals surface area contributed by atoms with Crippen LogP contribution in [0.25, 0.3) is 0 Å². The van der Waals surface area contributed by atoms with E-state index in [2.05, 4.69) is 4.99 Å². The second-order valence-corrected chi connectivity index (χ2v) is 6.90. The lowest BCUT2D eigenvalue weighted by molar-refractivity contribution is 0.596. The van der Waals surface area contributed by atoms with Crippen LogP contribution in [0.4, 0.5) is 4.39 Å². The van der Waals surface area contributed by atoms with Crippen LogP contribution in [0.3, 0.4) is 0 Å². The largest absolute Gasteiger partial charge is 0.276 e. The predicted molar refractivity (Wildman–Crippen MR) is 82.2 cm³/mol. The van der Waals surface area contributed by atoms with Gasteiger partial charge >= 0.3 is 0 Å². The molecule has 2 aromatic carbocycles. The minimum absolute atomic E-state index is 0.204. The van der Waals surface area contributed by atoms with Crippen LogP contribution < -0.4 is 0 Å². The monoisotopic (exact) mass is 325 g/mol. The standard InChI is InChI=1S/C15H13ClFNO2S/c1-11-2-5-14(6-3-11)21(19,20)10-18-9-12-8-13(17)4-7-15(12)16/h2-9H,10H2,1H3.